The number of ether oxygens (including phenoxy) is 2. The highest BCUT2D eigenvalue weighted by Gasteiger charge is 2.28. The fourth-order valence-corrected chi connectivity index (χ4v) is 3.86. The molecule has 0 radical (unpaired) electrons. The molecular weight excluding hydrogens is 374 g/mol. The first-order valence-corrected chi connectivity index (χ1v) is 9.78. The Morgan fingerprint density at radius 1 is 1.14 bits per heavy atom. The average Bonchev–Trinajstić information content (AvgIpc) is 3.03. The summed E-state index contributed by atoms with van der Waals surface area (Å²) >= 11 is 0. The van der Waals surface area contributed by atoms with Crippen LogP contribution in [-0.2, 0) is 4.79 Å². The number of carbonyl (C=O) groups is 1. The predicted molar refractivity (Wildman–Crippen MR) is 107 cm³/mol. The SMILES string of the molecule is O=C(CN1CCC[C@H]1c1ccc2c(c1)OCCCO2)Nc1cccc([N+](=O)[O-])c1. The zero-order chi connectivity index (χ0) is 20.2. The second kappa shape index (κ2) is 8.48. The van der Waals surface area contributed by atoms with Crippen molar-refractivity contribution in [3.05, 3.63) is 58.1 Å². The molecule has 0 unspecified atom stereocenters. The Bertz CT molecular complexity index is 917. The third-order valence-electron chi connectivity index (χ3n) is 5.21. The molecule has 2 aliphatic rings. The topological polar surface area (TPSA) is 93.9 Å². The number of fused-ring (bicyclic) bond motifs is 1. The number of nitrogens with one attached hydrogen (secondary N) is 1. The summed E-state index contributed by atoms with van der Waals surface area (Å²) in [6, 6.07) is 12.1. The molecule has 0 spiro atoms. The summed E-state index contributed by atoms with van der Waals surface area (Å²) in [5, 5.41) is 13.7. The first kappa shape index (κ1) is 19.2. The fraction of sp³-hybridized carbons (Fsp3) is 0.381. The minimum Gasteiger partial charge on any atom is -0.490 e. The van der Waals surface area contributed by atoms with Gasteiger partial charge in [0.2, 0.25) is 5.91 Å². The van der Waals surface area contributed by atoms with Crippen LogP contribution in [0.25, 0.3) is 0 Å². The Hall–Kier alpha value is -3.13. The number of hydrogen-bond acceptors (Lipinski definition) is 6. The summed E-state index contributed by atoms with van der Waals surface area (Å²) in [6.07, 6.45) is 2.82. The van der Waals surface area contributed by atoms with E-state index in [0.29, 0.717) is 18.9 Å². The van der Waals surface area contributed by atoms with Crippen molar-refractivity contribution < 1.29 is 19.2 Å². The van der Waals surface area contributed by atoms with Crippen LogP contribution in [-0.4, -0.2) is 42.0 Å². The van der Waals surface area contributed by atoms with Crippen LogP contribution in [0.15, 0.2) is 42.5 Å². The van der Waals surface area contributed by atoms with Gasteiger partial charge in [-0.1, -0.05) is 12.1 Å². The van der Waals surface area contributed by atoms with E-state index in [4.69, 9.17) is 9.47 Å². The molecule has 0 bridgehead atoms. The molecule has 2 aromatic rings. The number of likely N-dealkylation sites (tertiary alicyclic amines) is 1. The number of carbonyl (C=O) groups excluding carboxylic acids is 1. The Kier molecular flexibility index (Phi) is 5.62. The number of hydrogen-bond donors (Lipinski definition) is 1. The second-order valence-corrected chi connectivity index (χ2v) is 7.24. The number of anilines is 1. The number of amides is 1. The summed E-state index contributed by atoms with van der Waals surface area (Å²) in [4.78, 5) is 25.1. The Morgan fingerprint density at radius 2 is 1.97 bits per heavy atom. The van der Waals surface area contributed by atoms with Crippen molar-refractivity contribution in [2.45, 2.75) is 25.3 Å². The molecular formula is C21H23N3O5. The van der Waals surface area contributed by atoms with Gasteiger partial charge in [-0.25, -0.2) is 0 Å². The smallest absolute Gasteiger partial charge is 0.271 e. The highest BCUT2D eigenvalue weighted by molar-refractivity contribution is 5.92. The van der Waals surface area contributed by atoms with Crippen molar-refractivity contribution in [2.24, 2.45) is 0 Å². The largest absolute Gasteiger partial charge is 0.490 e. The summed E-state index contributed by atoms with van der Waals surface area (Å²) in [6.45, 7) is 2.33. The van der Waals surface area contributed by atoms with Gasteiger partial charge in [0, 0.05) is 30.3 Å². The lowest BCUT2D eigenvalue weighted by atomic mass is 10.0. The van der Waals surface area contributed by atoms with Crippen molar-refractivity contribution >= 4 is 17.3 Å². The number of nitrogens with zero attached hydrogens (tertiary/aromatic N) is 2. The summed E-state index contributed by atoms with van der Waals surface area (Å²) in [7, 11) is 0. The van der Waals surface area contributed by atoms with Crippen LogP contribution in [0.2, 0.25) is 0 Å². The van der Waals surface area contributed by atoms with E-state index in [-0.39, 0.29) is 24.2 Å². The van der Waals surface area contributed by atoms with Crippen molar-refractivity contribution in [3.63, 3.8) is 0 Å². The zero-order valence-electron chi connectivity index (χ0n) is 16.0. The van der Waals surface area contributed by atoms with Crippen LogP contribution in [0.3, 0.4) is 0 Å². The van der Waals surface area contributed by atoms with Crippen molar-refractivity contribution in [2.75, 3.05) is 31.6 Å². The Labute approximate surface area is 168 Å². The van der Waals surface area contributed by atoms with Crippen LogP contribution in [0.4, 0.5) is 11.4 Å². The Morgan fingerprint density at radius 3 is 2.79 bits per heavy atom. The van der Waals surface area contributed by atoms with Gasteiger partial charge < -0.3 is 14.8 Å². The van der Waals surface area contributed by atoms with Gasteiger partial charge in [0.1, 0.15) is 0 Å². The minimum absolute atomic E-state index is 0.0472. The molecule has 1 saturated heterocycles. The third kappa shape index (κ3) is 4.48. The Balaban J connectivity index is 1.43. The van der Waals surface area contributed by atoms with Gasteiger partial charge in [0.05, 0.1) is 24.7 Å². The van der Waals surface area contributed by atoms with Crippen LogP contribution in [0, 0.1) is 10.1 Å². The molecule has 2 aromatic carbocycles. The molecule has 2 heterocycles. The second-order valence-electron chi connectivity index (χ2n) is 7.24. The molecule has 1 N–H and O–H groups in total. The monoisotopic (exact) mass is 397 g/mol. The first-order chi connectivity index (χ1) is 14.1. The fourth-order valence-electron chi connectivity index (χ4n) is 3.86. The molecule has 8 heteroatoms. The van der Waals surface area contributed by atoms with E-state index in [2.05, 4.69) is 10.2 Å². The van der Waals surface area contributed by atoms with E-state index >= 15 is 0 Å². The number of nitro benzene ring substituents is 1. The third-order valence-corrected chi connectivity index (χ3v) is 5.21. The molecule has 8 nitrogen and oxygen atoms in total. The number of rotatable bonds is 5. The summed E-state index contributed by atoms with van der Waals surface area (Å²) < 4.78 is 11.5. The highest BCUT2D eigenvalue weighted by Crippen LogP contribution is 2.37. The maximum Gasteiger partial charge on any atom is 0.271 e. The molecule has 0 aromatic heterocycles. The van der Waals surface area contributed by atoms with E-state index in [1.54, 1.807) is 12.1 Å². The van der Waals surface area contributed by atoms with Crippen molar-refractivity contribution in [1.29, 1.82) is 0 Å². The molecule has 1 fully saturated rings. The molecule has 152 valence electrons. The van der Waals surface area contributed by atoms with E-state index in [1.165, 1.54) is 12.1 Å². The minimum atomic E-state index is -0.476. The normalized spacial score (nSPS) is 18.8. The van der Waals surface area contributed by atoms with Gasteiger partial charge in [-0.3, -0.25) is 19.8 Å². The number of benzene rings is 2. The van der Waals surface area contributed by atoms with E-state index in [1.807, 2.05) is 18.2 Å². The van der Waals surface area contributed by atoms with Crippen LogP contribution in [0.1, 0.15) is 30.9 Å². The standard InChI is InChI=1S/C21H23N3O5/c25-21(22-16-4-1-5-17(13-16)24(26)27)14-23-9-2-6-18(23)15-7-8-19-20(12-15)29-11-3-10-28-19/h1,4-5,7-8,12-13,18H,2-3,6,9-11,14H2,(H,22,25)/t18-/m0/s1. The van der Waals surface area contributed by atoms with Gasteiger partial charge in [-0.05, 0) is 43.1 Å². The van der Waals surface area contributed by atoms with Gasteiger partial charge in [-0.2, -0.15) is 0 Å². The molecule has 2 aliphatic heterocycles. The van der Waals surface area contributed by atoms with E-state index in [0.717, 1.165) is 42.9 Å². The van der Waals surface area contributed by atoms with Gasteiger partial charge in [0.25, 0.3) is 5.69 Å². The molecule has 4 rings (SSSR count). The maximum absolute atomic E-state index is 12.5. The highest BCUT2D eigenvalue weighted by atomic mass is 16.6. The quantitative estimate of drug-likeness (QED) is 0.613. The lowest BCUT2D eigenvalue weighted by Crippen LogP contribution is -2.33. The maximum atomic E-state index is 12.5. The lowest BCUT2D eigenvalue weighted by Gasteiger charge is -2.25. The van der Waals surface area contributed by atoms with E-state index in [9.17, 15) is 14.9 Å². The number of nitro groups is 1. The van der Waals surface area contributed by atoms with Gasteiger partial charge in [0.15, 0.2) is 11.5 Å². The number of non-ortho nitro benzene ring substituents is 1. The molecule has 0 aliphatic carbocycles. The van der Waals surface area contributed by atoms with E-state index < -0.39 is 4.92 Å². The zero-order valence-corrected chi connectivity index (χ0v) is 16.0. The lowest BCUT2D eigenvalue weighted by molar-refractivity contribution is -0.384. The molecule has 29 heavy (non-hydrogen) atoms. The van der Waals surface area contributed by atoms with Gasteiger partial charge >= 0.3 is 0 Å². The first-order valence-electron chi connectivity index (χ1n) is 9.78. The molecule has 1 amide bonds. The predicted octanol–water partition coefficient (Wildman–Crippen LogP) is 3.53. The average molecular weight is 397 g/mol. The van der Waals surface area contributed by atoms with Crippen LogP contribution < -0.4 is 14.8 Å². The van der Waals surface area contributed by atoms with Crippen LogP contribution >= 0.6 is 0 Å². The van der Waals surface area contributed by atoms with Crippen LogP contribution in [0.5, 0.6) is 11.5 Å². The summed E-state index contributed by atoms with van der Waals surface area (Å²) in [5.74, 6) is 1.33. The van der Waals surface area contributed by atoms with Crippen molar-refractivity contribution in [3.8, 4) is 11.5 Å². The van der Waals surface area contributed by atoms with Gasteiger partial charge in [-0.15, -0.1) is 0 Å². The summed E-state index contributed by atoms with van der Waals surface area (Å²) in [5.41, 5.74) is 1.49. The molecule has 0 saturated carbocycles. The molecule has 1 atom stereocenters. The van der Waals surface area contributed by atoms with Crippen molar-refractivity contribution in [1.82, 2.24) is 4.90 Å².